The van der Waals surface area contributed by atoms with Crippen molar-refractivity contribution in [2.45, 2.75) is 26.7 Å². The van der Waals surface area contributed by atoms with Gasteiger partial charge in [0.05, 0.1) is 17.9 Å². The Morgan fingerprint density at radius 3 is 2.54 bits per heavy atom. The van der Waals surface area contributed by atoms with Crippen LogP contribution >= 0.6 is 0 Å². The average Bonchev–Trinajstić information content (AvgIpc) is 2.96. The van der Waals surface area contributed by atoms with Gasteiger partial charge < -0.3 is 9.80 Å². The molecule has 0 bridgehead atoms. The Balaban J connectivity index is 1.56. The van der Waals surface area contributed by atoms with Crippen LogP contribution in [-0.2, 0) is 6.42 Å². The van der Waals surface area contributed by atoms with Crippen LogP contribution in [0.15, 0.2) is 53.5 Å². The summed E-state index contributed by atoms with van der Waals surface area (Å²) in [6, 6.07) is 16.3. The quantitative estimate of drug-likeness (QED) is 0.762. The molecular weight excluding hydrogens is 322 g/mol. The second-order valence-electron chi connectivity index (χ2n) is 7.48. The molecule has 0 spiro atoms. The number of guanidine groups is 1. The normalized spacial score (nSPS) is 15.7. The van der Waals surface area contributed by atoms with Crippen LogP contribution in [0.4, 0.5) is 11.4 Å². The van der Waals surface area contributed by atoms with Crippen LogP contribution in [0.5, 0.6) is 0 Å². The van der Waals surface area contributed by atoms with Gasteiger partial charge in [0, 0.05) is 18.7 Å². The molecule has 0 amide bonds. The number of hydrogen-bond donors (Lipinski definition) is 0. The highest BCUT2D eigenvalue weighted by atomic mass is 16.1. The number of carbonyl (C=O) groups is 1. The third kappa shape index (κ3) is 3.12. The smallest absolute Gasteiger partial charge is 0.206 e. The topological polar surface area (TPSA) is 35.9 Å². The Labute approximate surface area is 155 Å². The zero-order valence-corrected chi connectivity index (χ0v) is 15.5. The van der Waals surface area contributed by atoms with Crippen LogP contribution in [0.1, 0.15) is 36.2 Å². The number of ketones is 1. The molecule has 0 atom stereocenters. The van der Waals surface area contributed by atoms with E-state index in [1.807, 2.05) is 24.3 Å². The number of para-hydroxylation sites is 2. The van der Waals surface area contributed by atoms with E-state index in [4.69, 9.17) is 4.99 Å². The minimum atomic E-state index is 0.131. The fourth-order valence-corrected chi connectivity index (χ4v) is 3.77. The molecule has 26 heavy (non-hydrogen) atoms. The summed E-state index contributed by atoms with van der Waals surface area (Å²) >= 11 is 0. The van der Waals surface area contributed by atoms with Crippen LogP contribution in [0, 0.1) is 5.92 Å². The molecule has 2 heterocycles. The fourth-order valence-electron chi connectivity index (χ4n) is 3.77. The summed E-state index contributed by atoms with van der Waals surface area (Å²) in [7, 11) is 0. The lowest BCUT2D eigenvalue weighted by Gasteiger charge is -2.26. The number of benzene rings is 2. The van der Waals surface area contributed by atoms with Gasteiger partial charge in [0.15, 0.2) is 5.78 Å². The van der Waals surface area contributed by atoms with Crippen molar-refractivity contribution in [3.63, 3.8) is 0 Å². The van der Waals surface area contributed by atoms with Gasteiger partial charge in [-0.1, -0.05) is 50.2 Å². The highest BCUT2D eigenvalue weighted by Gasteiger charge is 2.34. The van der Waals surface area contributed by atoms with Crippen LogP contribution in [0.2, 0.25) is 0 Å². The van der Waals surface area contributed by atoms with Crippen LogP contribution < -0.4 is 9.80 Å². The van der Waals surface area contributed by atoms with E-state index in [1.54, 1.807) is 0 Å². The monoisotopic (exact) mass is 347 g/mol. The second-order valence-corrected chi connectivity index (χ2v) is 7.48. The highest BCUT2D eigenvalue weighted by Crippen LogP contribution is 2.38. The van der Waals surface area contributed by atoms with Gasteiger partial charge >= 0.3 is 0 Å². The summed E-state index contributed by atoms with van der Waals surface area (Å²) in [5, 5.41) is 0. The Bertz CT molecular complexity index is 839. The highest BCUT2D eigenvalue weighted by molar-refractivity contribution is 6.19. The fraction of sp³-hybridized carbons (Fsp3) is 0.364. The largest absolute Gasteiger partial charge is 0.310 e. The molecule has 0 unspecified atom stereocenters. The van der Waals surface area contributed by atoms with Crippen molar-refractivity contribution < 1.29 is 4.79 Å². The second kappa shape index (κ2) is 6.94. The van der Waals surface area contributed by atoms with Gasteiger partial charge in [-0.15, -0.1) is 0 Å². The number of Topliss-reactive ketones (excluding diaryl/α,β-unsaturated/α-hetero) is 1. The van der Waals surface area contributed by atoms with Crippen molar-refractivity contribution in [1.82, 2.24) is 0 Å². The van der Waals surface area contributed by atoms with Gasteiger partial charge in [-0.3, -0.25) is 9.79 Å². The summed E-state index contributed by atoms with van der Waals surface area (Å²) in [6.07, 6.45) is 2.09. The molecule has 4 nitrogen and oxygen atoms in total. The summed E-state index contributed by atoms with van der Waals surface area (Å²) < 4.78 is 0. The molecule has 0 fully saturated rings. The zero-order chi connectivity index (χ0) is 18.1. The molecule has 2 aliphatic rings. The predicted octanol–water partition coefficient (Wildman–Crippen LogP) is 4.15. The van der Waals surface area contributed by atoms with E-state index in [1.165, 1.54) is 5.56 Å². The molecule has 0 N–H and O–H groups in total. The molecule has 0 aliphatic carbocycles. The van der Waals surface area contributed by atoms with E-state index in [9.17, 15) is 4.79 Å². The SMILES string of the molecule is CC(C)Cc1ccc(C(=O)CN2C3=NCCCN3c3ccccc32)cc1. The van der Waals surface area contributed by atoms with Gasteiger partial charge in [0.25, 0.3) is 0 Å². The number of nitrogens with zero attached hydrogens (tertiary/aromatic N) is 3. The number of fused-ring (bicyclic) bond motifs is 3. The summed E-state index contributed by atoms with van der Waals surface area (Å²) in [5.41, 5.74) is 4.29. The van der Waals surface area contributed by atoms with Crippen LogP contribution in [0.25, 0.3) is 0 Å². The van der Waals surface area contributed by atoms with E-state index in [2.05, 4.69) is 47.9 Å². The van der Waals surface area contributed by atoms with Crippen LogP contribution in [-0.4, -0.2) is 31.4 Å². The molecule has 0 saturated carbocycles. The number of rotatable bonds is 5. The van der Waals surface area contributed by atoms with Crippen molar-refractivity contribution in [2.24, 2.45) is 10.9 Å². The van der Waals surface area contributed by atoms with Gasteiger partial charge in [-0.05, 0) is 36.5 Å². The predicted molar refractivity (Wildman–Crippen MR) is 107 cm³/mol. The summed E-state index contributed by atoms with van der Waals surface area (Å²) in [4.78, 5) is 21.9. The maximum atomic E-state index is 12.9. The maximum absolute atomic E-state index is 12.9. The van der Waals surface area contributed by atoms with E-state index >= 15 is 0 Å². The summed E-state index contributed by atoms with van der Waals surface area (Å²) in [5.74, 6) is 1.67. The molecule has 0 aromatic heterocycles. The first-order valence-electron chi connectivity index (χ1n) is 9.44. The van der Waals surface area contributed by atoms with Gasteiger partial charge in [-0.25, -0.2) is 0 Å². The molecule has 2 aromatic rings. The van der Waals surface area contributed by atoms with Crippen molar-refractivity contribution in [3.05, 3.63) is 59.7 Å². The Kier molecular flexibility index (Phi) is 4.49. The third-order valence-electron chi connectivity index (χ3n) is 4.96. The van der Waals surface area contributed by atoms with E-state index in [0.29, 0.717) is 12.5 Å². The van der Waals surface area contributed by atoms with Crippen LogP contribution in [0.3, 0.4) is 0 Å². The number of anilines is 2. The minimum absolute atomic E-state index is 0.131. The van der Waals surface area contributed by atoms with Gasteiger partial charge in [0.1, 0.15) is 0 Å². The lowest BCUT2D eigenvalue weighted by atomic mass is 10.0. The maximum Gasteiger partial charge on any atom is 0.206 e. The first-order valence-corrected chi connectivity index (χ1v) is 9.44. The zero-order valence-electron chi connectivity index (χ0n) is 15.5. The molecule has 4 rings (SSSR count). The molecular formula is C22H25N3O. The first-order chi connectivity index (χ1) is 12.6. The van der Waals surface area contributed by atoms with Crippen molar-refractivity contribution in [1.29, 1.82) is 0 Å². The average molecular weight is 347 g/mol. The Morgan fingerprint density at radius 2 is 1.81 bits per heavy atom. The summed E-state index contributed by atoms with van der Waals surface area (Å²) in [6.45, 7) is 6.54. The van der Waals surface area contributed by atoms with Crippen molar-refractivity contribution in [2.75, 3.05) is 29.4 Å². The number of carbonyl (C=O) groups excluding carboxylic acids is 1. The molecule has 2 aliphatic heterocycles. The van der Waals surface area contributed by atoms with Gasteiger partial charge in [0.2, 0.25) is 5.96 Å². The molecule has 2 aromatic carbocycles. The Morgan fingerprint density at radius 1 is 1.08 bits per heavy atom. The van der Waals surface area contributed by atoms with Gasteiger partial charge in [-0.2, -0.15) is 0 Å². The third-order valence-corrected chi connectivity index (χ3v) is 4.96. The molecule has 0 saturated heterocycles. The molecule has 134 valence electrons. The first kappa shape index (κ1) is 16.8. The minimum Gasteiger partial charge on any atom is -0.310 e. The molecule has 0 radical (unpaired) electrons. The Hall–Kier alpha value is -2.62. The number of aliphatic imine (C=N–C) groups is 1. The van der Waals surface area contributed by atoms with Crippen molar-refractivity contribution >= 4 is 23.1 Å². The van der Waals surface area contributed by atoms with E-state index in [0.717, 1.165) is 48.8 Å². The van der Waals surface area contributed by atoms with E-state index in [-0.39, 0.29) is 5.78 Å². The lowest BCUT2D eigenvalue weighted by Crippen LogP contribution is -2.43. The lowest BCUT2D eigenvalue weighted by molar-refractivity contribution is 0.100. The van der Waals surface area contributed by atoms with Crippen molar-refractivity contribution in [3.8, 4) is 0 Å². The molecule has 4 heteroatoms. The standard InChI is InChI=1S/C22H25N3O/c1-16(2)14-17-8-10-18(11-9-17)21(26)15-25-20-7-4-3-6-19(20)24-13-5-12-23-22(24)25/h3-4,6-11,16H,5,12-15H2,1-2H3. The number of hydrogen-bond acceptors (Lipinski definition) is 4. The van der Waals surface area contributed by atoms with E-state index < -0.39 is 0 Å².